The van der Waals surface area contributed by atoms with Gasteiger partial charge in [-0.1, -0.05) is 6.07 Å². The third-order valence-corrected chi connectivity index (χ3v) is 2.78. The maximum absolute atomic E-state index is 12.6. The third-order valence-electron chi connectivity index (χ3n) is 2.78. The van der Waals surface area contributed by atoms with Gasteiger partial charge in [-0.2, -0.15) is 13.2 Å². The summed E-state index contributed by atoms with van der Waals surface area (Å²) >= 11 is 0. The van der Waals surface area contributed by atoms with E-state index < -0.39 is 11.7 Å². The molecular formula is C12H16BrF3N4. The first-order valence-electron chi connectivity index (χ1n) is 5.94. The summed E-state index contributed by atoms with van der Waals surface area (Å²) < 4.78 is 37.7. The number of anilines is 1. The predicted molar refractivity (Wildman–Crippen MR) is 78.3 cm³/mol. The van der Waals surface area contributed by atoms with Crippen molar-refractivity contribution in [2.75, 3.05) is 18.4 Å². The average Bonchev–Trinajstić information content (AvgIpc) is 2.76. The van der Waals surface area contributed by atoms with Gasteiger partial charge in [-0.25, -0.2) is 0 Å². The topological polar surface area (TPSA) is 62.4 Å². The van der Waals surface area contributed by atoms with Crippen LogP contribution >= 0.6 is 17.0 Å². The first-order valence-corrected chi connectivity index (χ1v) is 5.94. The Hall–Kier alpha value is -1.28. The molecule has 1 heterocycles. The molecule has 0 fully saturated rings. The van der Waals surface area contributed by atoms with Crippen LogP contribution in [-0.4, -0.2) is 25.1 Å². The number of guanidine groups is 1. The number of nitrogens with one attached hydrogen (secondary N) is 2. The van der Waals surface area contributed by atoms with Gasteiger partial charge < -0.3 is 16.4 Å². The summed E-state index contributed by atoms with van der Waals surface area (Å²) in [4.78, 5) is 4.18. The fourth-order valence-electron chi connectivity index (χ4n) is 1.84. The minimum absolute atomic E-state index is 0. The van der Waals surface area contributed by atoms with Crippen molar-refractivity contribution in [1.82, 2.24) is 5.32 Å². The fourth-order valence-corrected chi connectivity index (χ4v) is 1.84. The first-order chi connectivity index (χ1) is 8.99. The second kappa shape index (κ2) is 6.94. The molecule has 1 atom stereocenters. The minimum Gasteiger partial charge on any atom is -0.351 e. The SMILES string of the molecule is Br.NCC[C@@H]1CN=C(Nc2cccc(C(F)(F)F)c2)N1. The van der Waals surface area contributed by atoms with Crippen molar-refractivity contribution in [1.29, 1.82) is 0 Å². The molecule has 2 rings (SSSR count). The molecule has 0 amide bonds. The zero-order chi connectivity index (χ0) is 13.9. The zero-order valence-corrected chi connectivity index (χ0v) is 12.3. The van der Waals surface area contributed by atoms with E-state index in [9.17, 15) is 13.2 Å². The Morgan fingerprint density at radius 2 is 2.15 bits per heavy atom. The lowest BCUT2D eigenvalue weighted by atomic mass is 10.2. The van der Waals surface area contributed by atoms with Crippen LogP contribution in [0, 0.1) is 0 Å². The van der Waals surface area contributed by atoms with Gasteiger partial charge in [-0.15, -0.1) is 17.0 Å². The Balaban J connectivity index is 0.00000200. The summed E-state index contributed by atoms with van der Waals surface area (Å²) in [6.45, 7) is 1.13. The molecule has 4 nitrogen and oxygen atoms in total. The van der Waals surface area contributed by atoms with E-state index in [1.54, 1.807) is 6.07 Å². The summed E-state index contributed by atoms with van der Waals surface area (Å²) in [7, 11) is 0. The van der Waals surface area contributed by atoms with Gasteiger partial charge in [-0.05, 0) is 31.2 Å². The van der Waals surface area contributed by atoms with Crippen LogP contribution in [0.25, 0.3) is 0 Å². The van der Waals surface area contributed by atoms with Crippen LogP contribution in [0.3, 0.4) is 0 Å². The molecule has 0 radical (unpaired) electrons. The summed E-state index contributed by atoms with van der Waals surface area (Å²) in [6.07, 6.45) is -3.57. The summed E-state index contributed by atoms with van der Waals surface area (Å²) in [6, 6.07) is 5.17. The lowest BCUT2D eigenvalue weighted by Gasteiger charge is -2.13. The number of rotatable bonds is 3. The number of nitrogens with two attached hydrogens (primary N) is 1. The molecule has 112 valence electrons. The van der Waals surface area contributed by atoms with Gasteiger partial charge in [-0.3, -0.25) is 4.99 Å². The lowest BCUT2D eigenvalue weighted by Crippen LogP contribution is -2.35. The minimum atomic E-state index is -4.34. The van der Waals surface area contributed by atoms with Crippen LogP contribution in [-0.2, 0) is 6.18 Å². The van der Waals surface area contributed by atoms with Gasteiger partial charge in [0.1, 0.15) is 0 Å². The number of alkyl halides is 3. The van der Waals surface area contributed by atoms with Crippen LogP contribution in [0.2, 0.25) is 0 Å². The maximum atomic E-state index is 12.6. The molecule has 20 heavy (non-hydrogen) atoms. The monoisotopic (exact) mass is 352 g/mol. The molecule has 1 aromatic carbocycles. The molecule has 0 aromatic heterocycles. The van der Waals surface area contributed by atoms with Gasteiger partial charge in [0.05, 0.1) is 12.1 Å². The highest BCUT2D eigenvalue weighted by Crippen LogP contribution is 2.30. The van der Waals surface area contributed by atoms with Gasteiger partial charge in [0, 0.05) is 11.7 Å². The van der Waals surface area contributed by atoms with Gasteiger partial charge in [0.25, 0.3) is 0 Å². The zero-order valence-electron chi connectivity index (χ0n) is 10.6. The van der Waals surface area contributed by atoms with E-state index >= 15 is 0 Å². The lowest BCUT2D eigenvalue weighted by molar-refractivity contribution is -0.137. The highest BCUT2D eigenvalue weighted by molar-refractivity contribution is 8.93. The molecule has 0 spiro atoms. The van der Waals surface area contributed by atoms with E-state index in [0.717, 1.165) is 18.6 Å². The maximum Gasteiger partial charge on any atom is 0.416 e. The molecule has 4 N–H and O–H groups in total. The van der Waals surface area contributed by atoms with Crippen LogP contribution < -0.4 is 16.4 Å². The number of aliphatic imine (C=N–C) groups is 1. The van der Waals surface area contributed by atoms with Crippen LogP contribution in [0.4, 0.5) is 18.9 Å². The Bertz CT molecular complexity index is 476. The summed E-state index contributed by atoms with van der Waals surface area (Å²) in [5, 5.41) is 5.92. The van der Waals surface area contributed by atoms with Gasteiger partial charge >= 0.3 is 6.18 Å². The normalized spacial score (nSPS) is 18.0. The van der Waals surface area contributed by atoms with Crippen LogP contribution in [0.15, 0.2) is 29.3 Å². The van der Waals surface area contributed by atoms with E-state index in [1.807, 2.05) is 0 Å². The molecule has 0 saturated carbocycles. The molecule has 1 aliphatic rings. The van der Waals surface area contributed by atoms with Crippen molar-refractivity contribution in [3.05, 3.63) is 29.8 Å². The van der Waals surface area contributed by atoms with E-state index in [2.05, 4.69) is 15.6 Å². The van der Waals surface area contributed by atoms with Crippen LogP contribution in [0.5, 0.6) is 0 Å². The number of benzene rings is 1. The van der Waals surface area contributed by atoms with Crippen molar-refractivity contribution < 1.29 is 13.2 Å². The Kier molecular flexibility index (Phi) is 5.82. The quantitative estimate of drug-likeness (QED) is 0.782. The highest BCUT2D eigenvalue weighted by atomic mass is 79.9. The molecule has 0 bridgehead atoms. The average molecular weight is 353 g/mol. The molecule has 0 saturated heterocycles. The first kappa shape index (κ1) is 16.8. The largest absolute Gasteiger partial charge is 0.416 e. The Labute approximate surface area is 125 Å². The third kappa shape index (κ3) is 4.38. The van der Waals surface area contributed by atoms with Crippen molar-refractivity contribution in [2.24, 2.45) is 10.7 Å². The number of nitrogens with zero attached hydrogens (tertiary/aromatic N) is 1. The van der Waals surface area contributed by atoms with Crippen molar-refractivity contribution in [2.45, 2.75) is 18.6 Å². The Morgan fingerprint density at radius 1 is 1.40 bits per heavy atom. The van der Waals surface area contributed by atoms with Gasteiger partial charge in [0.15, 0.2) is 5.96 Å². The van der Waals surface area contributed by atoms with E-state index in [-0.39, 0.29) is 23.0 Å². The number of hydrogen-bond acceptors (Lipinski definition) is 4. The van der Waals surface area contributed by atoms with Gasteiger partial charge in [0.2, 0.25) is 0 Å². The molecule has 1 aliphatic heterocycles. The number of halogens is 4. The smallest absolute Gasteiger partial charge is 0.351 e. The highest BCUT2D eigenvalue weighted by Gasteiger charge is 2.30. The molecule has 0 aliphatic carbocycles. The van der Waals surface area contributed by atoms with E-state index in [1.165, 1.54) is 6.07 Å². The molecular weight excluding hydrogens is 337 g/mol. The number of hydrogen-bond donors (Lipinski definition) is 3. The summed E-state index contributed by atoms with van der Waals surface area (Å²) in [5.41, 5.74) is 5.11. The van der Waals surface area contributed by atoms with Crippen LogP contribution in [0.1, 0.15) is 12.0 Å². The van der Waals surface area contributed by atoms with Crippen molar-refractivity contribution in [3.8, 4) is 0 Å². The molecule has 0 unspecified atom stereocenters. The molecule has 1 aromatic rings. The molecule has 8 heteroatoms. The van der Waals surface area contributed by atoms with E-state index in [0.29, 0.717) is 24.7 Å². The standard InChI is InChI=1S/C12H15F3N4.BrH/c13-12(14,15)8-2-1-3-9(6-8)18-11-17-7-10(19-11)4-5-16;/h1-3,6,10H,4-5,7,16H2,(H2,17,18,19);1H/t10-;/m1./s1. The van der Waals surface area contributed by atoms with E-state index in [4.69, 9.17) is 5.73 Å². The second-order valence-corrected chi connectivity index (χ2v) is 4.31. The second-order valence-electron chi connectivity index (χ2n) is 4.31. The predicted octanol–water partition coefficient (Wildman–Crippen LogP) is 2.37. The van der Waals surface area contributed by atoms with Crippen molar-refractivity contribution >= 4 is 28.6 Å². The summed E-state index contributed by atoms with van der Waals surface area (Å²) in [5.74, 6) is 0.484. The fraction of sp³-hybridized carbons (Fsp3) is 0.417. The Morgan fingerprint density at radius 3 is 2.80 bits per heavy atom. The van der Waals surface area contributed by atoms with Crippen molar-refractivity contribution in [3.63, 3.8) is 0 Å².